The van der Waals surface area contributed by atoms with Crippen LogP contribution in [-0.4, -0.2) is 25.5 Å². The number of nitrogens with zero attached hydrogens (tertiary/aromatic N) is 1. The van der Waals surface area contributed by atoms with E-state index in [0.29, 0.717) is 22.0 Å². The first kappa shape index (κ1) is 20.4. The Morgan fingerprint density at radius 2 is 1.76 bits per heavy atom. The van der Waals surface area contributed by atoms with E-state index in [4.69, 9.17) is 16.3 Å². The number of nitrogens with one attached hydrogen (secondary N) is 1. The molecule has 6 heteroatoms. The number of carbonyl (C=O) groups excluding carboxylic acids is 2. The Labute approximate surface area is 174 Å². The van der Waals surface area contributed by atoms with Crippen LogP contribution in [0.2, 0.25) is 5.02 Å². The van der Waals surface area contributed by atoms with Crippen molar-refractivity contribution in [1.82, 2.24) is 0 Å². The smallest absolute Gasteiger partial charge is 0.262 e. The van der Waals surface area contributed by atoms with Crippen LogP contribution in [0, 0.1) is 6.92 Å². The maximum absolute atomic E-state index is 12.7. The van der Waals surface area contributed by atoms with E-state index >= 15 is 0 Å². The minimum absolute atomic E-state index is 0.150. The number of amides is 2. The molecule has 0 heterocycles. The Balaban J connectivity index is 1.62. The van der Waals surface area contributed by atoms with Gasteiger partial charge in [-0.05, 0) is 61.0 Å². The molecule has 29 heavy (non-hydrogen) atoms. The van der Waals surface area contributed by atoms with Crippen molar-refractivity contribution >= 4 is 34.8 Å². The fourth-order valence-electron chi connectivity index (χ4n) is 2.75. The summed E-state index contributed by atoms with van der Waals surface area (Å²) in [5.74, 6) is 0.0780. The molecule has 3 rings (SSSR count). The number of aryl methyl sites for hydroxylation is 1. The number of hydrogen-bond donors (Lipinski definition) is 1. The molecule has 3 aromatic carbocycles. The van der Waals surface area contributed by atoms with Crippen LogP contribution in [0.4, 0.5) is 11.4 Å². The first-order valence-electron chi connectivity index (χ1n) is 9.06. The topological polar surface area (TPSA) is 58.6 Å². The summed E-state index contributed by atoms with van der Waals surface area (Å²) in [4.78, 5) is 26.5. The fourth-order valence-corrected chi connectivity index (χ4v) is 2.86. The van der Waals surface area contributed by atoms with E-state index in [1.54, 1.807) is 54.4 Å². The standard InChI is InChI=1S/C23H21ClN2O3/c1-16-13-20(11-12-21(16)24)29-15-22(27)25-18-8-6-7-17(14-18)23(28)26(2)19-9-4-3-5-10-19/h3-14H,15H2,1-2H3,(H,25,27). The summed E-state index contributed by atoms with van der Waals surface area (Å²) >= 11 is 5.99. The van der Waals surface area contributed by atoms with Gasteiger partial charge in [-0.3, -0.25) is 9.59 Å². The molecule has 0 radical (unpaired) electrons. The highest BCUT2D eigenvalue weighted by atomic mass is 35.5. The average Bonchev–Trinajstić information content (AvgIpc) is 2.74. The highest BCUT2D eigenvalue weighted by Crippen LogP contribution is 2.21. The number of ether oxygens (including phenoxy) is 1. The molecule has 148 valence electrons. The van der Waals surface area contributed by atoms with E-state index in [0.717, 1.165) is 11.3 Å². The van der Waals surface area contributed by atoms with Gasteiger partial charge in [-0.2, -0.15) is 0 Å². The lowest BCUT2D eigenvalue weighted by molar-refractivity contribution is -0.118. The summed E-state index contributed by atoms with van der Waals surface area (Å²) in [7, 11) is 1.71. The predicted molar refractivity (Wildman–Crippen MR) is 116 cm³/mol. The number of rotatable bonds is 6. The van der Waals surface area contributed by atoms with Gasteiger partial charge < -0.3 is 15.0 Å². The molecule has 0 aliphatic rings. The summed E-state index contributed by atoms with van der Waals surface area (Å²) in [6.45, 7) is 1.72. The van der Waals surface area contributed by atoms with E-state index in [1.165, 1.54) is 0 Å². The zero-order chi connectivity index (χ0) is 20.8. The molecule has 3 aromatic rings. The second-order valence-electron chi connectivity index (χ2n) is 6.53. The molecule has 0 bridgehead atoms. The summed E-state index contributed by atoms with van der Waals surface area (Å²) in [5, 5.41) is 3.39. The van der Waals surface area contributed by atoms with Gasteiger partial charge in [0.15, 0.2) is 6.61 Å². The molecule has 5 nitrogen and oxygen atoms in total. The Hall–Kier alpha value is -3.31. The first-order chi connectivity index (χ1) is 13.9. The molecular weight excluding hydrogens is 388 g/mol. The van der Waals surface area contributed by atoms with Crippen LogP contribution in [0.25, 0.3) is 0 Å². The minimum Gasteiger partial charge on any atom is -0.484 e. The monoisotopic (exact) mass is 408 g/mol. The normalized spacial score (nSPS) is 10.3. The zero-order valence-electron chi connectivity index (χ0n) is 16.2. The van der Waals surface area contributed by atoms with Crippen LogP contribution in [0.5, 0.6) is 5.75 Å². The van der Waals surface area contributed by atoms with E-state index in [1.807, 2.05) is 37.3 Å². The van der Waals surface area contributed by atoms with Gasteiger partial charge in [-0.15, -0.1) is 0 Å². The van der Waals surface area contributed by atoms with Gasteiger partial charge in [-0.1, -0.05) is 35.9 Å². The molecule has 0 aliphatic carbocycles. The molecule has 1 N–H and O–H groups in total. The van der Waals surface area contributed by atoms with Crippen molar-refractivity contribution in [3.8, 4) is 5.75 Å². The van der Waals surface area contributed by atoms with Gasteiger partial charge in [0.05, 0.1) is 0 Å². The predicted octanol–water partition coefficient (Wildman–Crippen LogP) is 4.94. The molecule has 0 spiro atoms. The van der Waals surface area contributed by atoms with Crippen molar-refractivity contribution < 1.29 is 14.3 Å². The lowest BCUT2D eigenvalue weighted by atomic mass is 10.1. The minimum atomic E-state index is -0.321. The molecular formula is C23H21ClN2O3. The zero-order valence-corrected chi connectivity index (χ0v) is 16.9. The van der Waals surface area contributed by atoms with Crippen molar-refractivity contribution in [1.29, 1.82) is 0 Å². The Morgan fingerprint density at radius 3 is 2.48 bits per heavy atom. The molecule has 0 aromatic heterocycles. The number of carbonyl (C=O) groups is 2. The molecule has 0 saturated carbocycles. The van der Waals surface area contributed by atoms with Crippen molar-refractivity contribution in [2.45, 2.75) is 6.92 Å². The lowest BCUT2D eigenvalue weighted by Crippen LogP contribution is -2.26. The maximum atomic E-state index is 12.7. The van der Waals surface area contributed by atoms with Crippen LogP contribution in [-0.2, 0) is 4.79 Å². The fraction of sp³-hybridized carbons (Fsp3) is 0.130. The Morgan fingerprint density at radius 1 is 1.00 bits per heavy atom. The molecule has 0 aliphatic heterocycles. The van der Waals surface area contributed by atoms with Crippen molar-refractivity contribution in [2.24, 2.45) is 0 Å². The summed E-state index contributed by atoms with van der Waals surface area (Å²) in [6.07, 6.45) is 0. The third-order valence-corrected chi connectivity index (χ3v) is 4.76. The maximum Gasteiger partial charge on any atom is 0.262 e. The van der Waals surface area contributed by atoms with Gasteiger partial charge in [0, 0.05) is 29.0 Å². The molecule has 0 fully saturated rings. The van der Waals surface area contributed by atoms with Crippen LogP contribution in [0.3, 0.4) is 0 Å². The van der Waals surface area contributed by atoms with E-state index in [9.17, 15) is 9.59 Å². The largest absolute Gasteiger partial charge is 0.484 e. The van der Waals surface area contributed by atoms with E-state index in [2.05, 4.69) is 5.32 Å². The Bertz CT molecular complexity index is 1020. The van der Waals surface area contributed by atoms with Crippen molar-refractivity contribution in [3.05, 3.63) is 88.9 Å². The van der Waals surface area contributed by atoms with Crippen molar-refractivity contribution in [3.63, 3.8) is 0 Å². The number of halogens is 1. The Kier molecular flexibility index (Phi) is 6.52. The van der Waals surface area contributed by atoms with Crippen LogP contribution in [0.1, 0.15) is 15.9 Å². The highest BCUT2D eigenvalue weighted by molar-refractivity contribution is 6.31. The second kappa shape index (κ2) is 9.26. The van der Waals surface area contributed by atoms with Crippen LogP contribution >= 0.6 is 11.6 Å². The number of anilines is 2. The van der Waals surface area contributed by atoms with Gasteiger partial charge >= 0.3 is 0 Å². The second-order valence-corrected chi connectivity index (χ2v) is 6.94. The average molecular weight is 409 g/mol. The number of hydrogen-bond acceptors (Lipinski definition) is 3. The molecule has 0 unspecified atom stereocenters. The molecule has 0 atom stereocenters. The van der Waals surface area contributed by atoms with Crippen LogP contribution in [0.15, 0.2) is 72.8 Å². The summed E-state index contributed by atoms with van der Waals surface area (Å²) in [6, 6.07) is 21.4. The van der Waals surface area contributed by atoms with Crippen LogP contribution < -0.4 is 15.0 Å². The van der Waals surface area contributed by atoms with Gasteiger partial charge in [-0.25, -0.2) is 0 Å². The van der Waals surface area contributed by atoms with E-state index < -0.39 is 0 Å². The molecule has 2 amide bonds. The SMILES string of the molecule is Cc1cc(OCC(=O)Nc2cccc(C(=O)N(C)c3ccccc3)c2)ccc1Cl. The van der Waals surface area contributed by atoms with Gasteiger partial charge in [0.25, 0.3) is 11.8 Å². The third kappa shape index (κ3) is 5.36. The number of para-hydroxylation sites is 1. The van der Waals surface area contributed by atoms with Crippen molar-refractivity contribution in [2.75, 3.05) is 23.9 Å². The lowest BCUT2D eigenvalue weighted by Gasteiger charge is -2.17. The first-order valence-corrected chi connectivity index (χ1v) is 9.44. The molecule has 0 saturated heterocycles. The quantitative estimate of drug-likeness (QED) is 0.628. The summed E-state index contributed by atoms with van der Waals surface area (Å²) in [5.41, 5.74) is 2.67. The summed E-state index contributed by atoms with van der Waals surface area (Å²) < 4.78 is 5.50. The highest BCUT2D eigenvalue weighted by Gasteiger charge is 2.14. The van der Waals surface area contributed by atoms with Gasteiger partial charge in [0.2, 0.25) is 0 Å². The van der Waals surface area contributed by atoms with E-state index in [-0.39, 0.29) is 18.4 Å². The third-order valence-electron chi connectivity index (χ3n) is 4.34. The van der Waals surface area contributed by atoms with Gasteiger partial charge in [0.1, 0.15) is 5.75 Å². The number of benzene rings is 3.